The third-order valence-corrected chi connectivity index (χ3v) is 4.33. The van der Waals surface area contributed by atoms with Crippen LogP contribution in [0.4, 0.5) is 0 Å². The number of para-hydroxylation sites is 1. The van der Waals surface area contributed by atoms with E-state index in [2.05, 4.69) is 26.1 Å². The van der Waals surface area contributed by atoms with Crippen LogP contribution < -0.4 is 19.5 Å². The summed E-state index contributed by atoms with van der Waals surface area (Å²) < 4.78 is 21.1. The summed E-state index contributed by atoms with van der Waals surface area (Å²) in [6, 6.07) is 13.0. The Hall–Kier alpha value is -3.22. The van der Waals surface area contributed by atoms with Crippen molar-refractivity contribution in [2.45, 2.75) is 32.7 Å². The molecular weight excluding hydrogens is 374 g/mol. The van der Waals surface area contributed by atoms with Gasteiger partial charge in [-0.15, -0.1) is 0 Å². The molecule has 0 fully saturated rings. The van der Waals surface area contributed by atoms with Crippen molar-refractivity contribution in [2.75, 3.05) is 20.0 Å². The van der Waals surface area contributed by atoms with Gasteiger partial charge in [0.15, 0.2) is 24.7 Å². The third-order valence-electron chi connectivity index (χ3n) is 4.33. The number of amides is 1. The van der Waals surface area contributed by atoms with Gasteiger partial charge in [-0.1, -0.05) is 45.0 Å². The second kappa shape index (κ2) is 8.86. The monoisotopic (exact) mass is 399 g/mol. The topological polar surface area (TPSA) is 83.1 Å². The summed E-state index contributed by atoms with van der Waals surface area (Å²) in [4.78, 5) is 23.9. The second-order valence-corrected chi connectivity index (χ2v) is 7.66. The van der Waals surface area contributed by atoms with Gasteiger partial charge >= 0.3 is 5.97 Å². The Morgan fingerprint density at radius 3 is 2.59 bits per heavy atom. The van der Waals surface area contributed by atoms with Gasteiger partial charge in [0.25, 0.3) is 5.91 Å². The number of rotatable bonds is 7. The summed E-state index contributed by atoms with van der Waals surface area (Å²) in [5.74, 6) is 0.958. The number of carbonyl (C=O) groups is 2. The van der Waals surface area contributed by atoms with Crippen LogP contribution in [0.5, 0.6) is 17.2 Å². The lowest BCUT2D eigenvalue weighted by atomic mass is 9.86. The molecule has 0 saturated carbocycles. The van der Waals surface area contributed by atoms with Crippen LogP contribution in [0.1, 0.15) is 31.9 Å². The minimum Gasteiger partial charge on any atom is -0.482 e. The van der Waals surface area contributed by atoms with E-state index in [1.54, 1.807) is 12.1 Å². The van der Waals surface area contributed by atoms with Gasteiger partial charge in [0.05, 0.1) is 0 Å². The van der Waals surface area contributed by atoms with Crippen LogP contribution in [0, 0.1) is 0 Å². The van der Waals surface area contributed by atoms with Crippen molar-refractivity contribution in [3.63, 3.8) is 0 Å². The summed E-state index contributed by atoms with van der Waals surface area (Å²) >= 11 is 0. The van der Waals surface area contributed by atoms with Gasteiger partial charge in [-0.3, -0.25) is 4.79 Å². The molecule has 0 unspecified atom stereocenters. The molecule has 0 aliphatic carbocycles. The SMILES string of the molecule is CC(C)(C)c1ccccc1OCC(=O)OCC(=O)NCc1ccc2c(c1)OCO2. The van der Waals surface area contributed by atoms with E-state index in [0.717, 1.165) is 11.1 Å². The number of ether oxygens (including phenoxy) is 4. The summed E-state index contributed by atoms with van der Waals surface area (Å²) in [7, 11) is 0. The second-order valence-electron chi connectivity index (χ2n) is 7.66. The number of esters is 1. The molecule has 1 aliphatic heterocycles. The van der Waals surface area contributed by atoms with Crippen molar-refractivity contribution in [1.29, 1.82) is 0 Å². The first-order valence-corrected chi connectivity index (χ1v) is 9.36. The largest absolute Gasteiger partial charge is 0.482 e. The minimum absolute atomic E-state index is 0.116. The van der Waals surface area contributed by atoms with Crippen molar-refractivity contribution in [2.24, 2.45) is 0 Å². The lowest BCUT2D eigenvalue weighted by Crippen LogP contribution is -2.29. The molecule has 0 bridgehead atoms. The van der Waals surface area contributed by atoms with E-state index in [-0.39, 0.29) is 25.4 Å². The van der Waals surface area contributed by atoms with Gasteiger partial charge in [-0.05, 0) is 34.7 Å². The predicted octanol–water partition coefficient (Wildman–Crippen LogP) is 2.95. The van der Waals surface area contributed by atoms with E-state index in [4.69, 9.17) is 18.9 Å². The molecular formula is C22H25NO6. The first kappa shape index (κ1) is 20.5. The van der Waals surface area contributed by atoms with Gasteiger partial charge in [0.2, 0.25) is 6.79 Å². The Bertz CT molecular complexity index is 887. The Morgan fingerprint density at radius 1 is 1.03 bits per heavy atom. The molecule has 154 valence electrons. The highest BCUT2D eigenvalue weighted by Crippen LogP contribution is 2.32. The molecule has 29 heavy (non-hydrogen) atoms. The predicted molar refractivity (Wildman–Crippen MR) is 106 cm³/mol. The summed E-state index contributed by atoms with van der Waals surface area (Å²) in [6.07, 6.45) is 0. The number of nitrogens with one attached hydrogen (secondary N) is 1. The molecule has 7 nitrogen and oxygen atoms in total. The highest BCUT2D eigenvalue weighted by atomic mass is 16.7. The van der Waals surface area contributed by atoms with Crippen LogP contribution in [0.3, 0.4) is 0 Å². The molecule has 0 spiro atoms. The summed E-state index contributed by atoms with van der Waals surface area (Å²) in [5.41, 5.74) is 1.74. The standard InChI is InChI=1S/C22H25NO6/c1-22(2,3)16-6-4-5-7-17(16)26-13-21(25)27-12-20(24)23-11-15-8-9-18-19(10-15)29-14-28-18/h4-10H,11-14H2,1-3H3,(H,23,24). The number of carbonyl (C=O) groups excluding carboxylic acids is 2. The zero-order valence-electron chi connectivity index (χ0n) is 16.8. The molecule has 1 N–H and O–H groups in total. The maximum Gasteiger partial charge on any atom is 0.344 e. The third kappa shape index (κ3) is 5.63. The fourth-order valence-corrected chi connectivity index (χ4v) is 2.84. The molecule has 2 aromatic rings. The van der Waals surface area contributed by atoms with Crippen LogP contribution >= 0.6 is 0 Å². The average molecular weight is 399 g/mol. The van der Waals surface area contributed by atoms with Gasteiger partial charge in [0.1, 0.15) is 5.75 Å². The van der Waals surface area contributed by atoms with Gasteiger partial charge in [0, 0.05) is 6.54 Å². The Labute approximate surface area is 169 Å². The van der Waals surface area contributed by atoms with E-state index in [1.807, 2.05) is 30.3 Å². The molecule has 0 aromatic heterocycles. The lowest BCUT2D eigenvalue weighted by molar-refractivity contribution is -0.150. The molecule has 1 heterocycles. The first-order valence-electron chi connectivity index (χ1n) is 9.36. The maximum atomic E-state index is 11.9. The van der Waals surface area contributed by atoms with Crippen LogP contribution in [0.2, 0.25) is 0 Å². The van der Waals surface area contributed by atoms with Gasteiger partial charge in [-0.2, -0.15) is 0 Å². The number of hydrogen-bond donors (Lipinski definition) is 1. The number of fused-ring (bicyclic) bond motifs is 1. The fourth-order valence-electron chi connectivity index (χ4n) is 2.84. The number of hydrogen-bond acceptors (Lipinski definition) is 6. The Morgan fingerprint density at radius 2 is 1.79 bits per heavy atom. The molecule has 7 heteroatoms. The molecule has 2 aromatic carbocycles. The summed E-state index contributed by atoms with van der Waals surface area (Å²) in [5, 5.41) is 2.69. The molecule has 0 atom stereocenters. The van der Waals surface area contributed by atoms with Crippen molar-refractivity contribution in [3.8, 4) is 17.2 Å². The maximum absolute atomic E-state index is 11.9. The molecule has 0 radical (unpaired) electrons. The minimum atomic E-state index is -0.605. The quantitative estimate of drug-likeness (QED) is 0.721. The first-order chi connectivity index (χ1) is 13.8. The highest BCUT2D eigenvalue weighted by Gasteiger charge is 2.19. The number of benzene rings is 2. The van der Waals surface area contributed by atoms with E-state index in [1.165, 1.54) is 0 Å². The zero-order valence-corrected chi connectivity index (χ0v) is 16.8. The van der Waals surface area contributed by atoms with Crippen molar-refractivity contribution >= 4 is 11.9 Å². The average Bonchev–Trinajstić information content (AvgIpc) is 3.16. The van der Waals surface area contributed by atoms with Gasteiger partial charge < -0.3 is 24.3 Å². The molecule has 3 rings (SSSR count). The fraction of sp³-hybridized carbons (Fsp3) is 0.364. The van der Waals surface area contributed by atoms with E-state index >= 15 is 0 Å². The van der Waals surface area contributed by atoms with Crippen LogP contribution in [-0.2, 0) is 26.3 Å². The van der Waals surface area contributed by atoms with E-state index in [9.17, 15) is 9.59 Å². The van der Waals surface area contributed by atoms with Crippen molar-refractivity contribution in [1.82, 2.24) is 5.32 Å². The molecule has 1 amide bonds. The normalized spacial score (nSPS) is 12.4. The van der Waals surface area contributed by atoms with Gasteiger partial charge in [-0.25, -0.2) is 4.79 Å². The Balaban J connectivity index is 1.41. The van der Waals surface area contributed by atoms with Crippen molar-refractivity contribution < 1.29 is 28.5 Å². The molecule has 0 saturated heterocycles. The van der Waals surface area contributed by atoms with E-state index in [0.29, 0.717) is 23.8 Å². The van der Waals surface area contributed by atoms with Crippen LogP contribution in [0.15, 0.2) is 42.5 Å². The smallest absolute Gasteiger partial charge is 0.344 e. The van der Waals surface area contributed by atoms with E-state index < -0.39 is 11.9 Å². The zero-order chi connectivity index (χ0) is 20.9. The summed E-state index contributed by atoms with van der Waals surface area (Å²) in [6.45, 7) is 6.07. The van der Waals surface area contributed by atoms with Crippen LogP contribution in [0.25, 0.3) is 0 Å². The lowest BCUT2D eigenvalue weighted by Gasteiger charge is -2.22. The van der Waals surface area contributed by atoms with Crippen LogP contribution in [-0.4, -0.2) is 31.9 Å². The molecule has 1 aliphatic rings. The highest BCUT2D eigenvalue weighted by molar-refractivity contribution is 5.80. The Kier molecular flexibility index (Phi) is 6.26. The van der Waals surface area contributed by atoms with Crippen molar-refractivity contribution in [3.05, 3.63) is 53.6 Å².